The number of halogens is 3. The quantitative estimate of drug-likeness (QED) is 0.820. The Morgan fingerprint density at radius 2 is 1.94 bits per heavy atom. The molecule has 17 heavy (non-hydrogen) atoms. The van der Waals surface area contributed by atoms with Gasteiger partial charge in [-0.3, -0.25) is 4.79 Å². The minimum absolute atomic E-state index is 0.211. The third-order valence-corrected chi connectivity index (χ3v) is 2.48. The van der Waals surface area contributed by atoms with Gasteiger partial charge in [-0.1, -0.05) is 18.2 Å². The van der Waals surface area contributed by atoms with Gasteiger partial charge in [0.1, 0.15) is 0 Å². The summed E-state index contributed by atoms with van der Waals surface area (Å²) in [5.74, 6) is -1.89. The molecule has 0 aliphatic rings. The molecule has 0 radical (unpaired) electrons. The fraction of sp³-hybridized carbons (Fsp3) is 0.182. The van der Waals surface area contributed by atoms with E-state index in [1.807, 2.05) is 0 Å². The zero-order chi connectivity index (χ0) is 12.6. The van der Waals surface area contributed by atoms with Gasteiger partial charge in [-0.15, -0.1) is 0 Å². The molecular formula is C11H9F3N2O. The van der Waals surface area contributed by atoms with Gasteiger partial charge >= 0.3 is 12.1 Å². The normalized spacial score (nSPS) is 11.8. The van der Waals surface area contributed by atoms with Gasteiger partial charge < -0.3 is 9.88 Å². The van der Waals surface area contributed by atoms with Gasteiger partial charge in [-0.25, -0.2) is 0 Å². The molecule has 2 rings (SSSR count). The molecule has 0 bridgehead atoms. The van der Waals surface area contributed by atoms with Gasteiger partial charge in [0.25, 0.3) is 0 Å². The van der Waals surface area contributed by atoms with Gasteiger partial charge in [0.15, 0.2) is 0 Å². The summed E-state index contributed by atoms with van der Waals surface area (Å²) in [6, 6.07) is 6.84. The molecule has 0 spiro atoms. The molecule has 6 heteroatoms. The number of carbonyl (C=O) groups is 1. The third-order valence-electron chi connectivity index (χ3n) is 2.48. The molecule has 0 saturated heterocycles. The number of aromatic nitrogens is 1. The van der Waals surface area contributed by atoms with E-state index in [4.69, 9.17) is 0 Å². The number of aromatic amines is 1. The van der Waals surface area contributed by atoms with Crippen molar-refractivity contribution in [2.45, 2.75) is 6.18 Å². The Hall–Kier alpha value is -1.98. The number of anilines is 1. The molecule has 0 saturated carbocycles. The van der Waals surface area contributed by atoms with Crippen LogP contribution < -0.4 is 4.90 Å². The first-order chi connectivity index (χ1) is 7.91. The lowest BCUT2D eigenvalue weighted by atomic mass is 10.2. The number of fused-ring (bicyclic) bond motifs is 1. The molecule has 0 unspecified atom stereocenters. The van der Waals surface area contributed by atoms with Crippen molar-refractivity contribution < 1.29 is 18.0 Å². The van der Waals surface area contributed by atoms with Crippen molar-refractivity contribution in [3.05, 3.63) is 30.5 Å². The Kier molecular flexibility index (Phi) is 2.57. The summed E-state index contributed by atoms with van der Waals surface area (Å²) < 4.78 is 36.9. The summed E-state index contributed by atoms with van der Waals surface area (Å²) >= 11 is 0. The zero-order valence-electron chi connectivity index (χ0n) is 8.88. The maximum atomic E-state index is 12.3. The van der Waals surface area contributed by atoms with Crippen molar-refractivity contribution in [1.29, 1.82) is 0 Å². The second-order valence-corrected chi connectivity index (χ2v) is 3.58. The first-order valence-corrected chi connectivity index (χ1v) is 4.82. The van der Waals surface area contributed by atoms with Gasteiger partial charge in [0, 0.05) is 24.1 Å². The van der Waals surface area contributed by atoms with Crippen LogP contribution in [0.2, 0.25) is 0 Å². The number of nitrogens with one attached hydrogen (secondary N) is 1. The number of amides is 1. The highest BCUT2D eigenvalue weighted by molar-refractivity contribution is 6.04. The molecule has 3 nitrogen and oxygen atoms in total. The van der Waals surface area contributed by atoms with E-state index in [0.29, 0.717) is 15.8 Å². The van der Waals surface area contributed by atoms with E-state index in [0.717, 1.165) is 7.05 Å². The van der Waals surface area contributed by atoms with E-state index in [1.165, 1.54) is 6.20 Å². The van der Waals surface area contributed by atoms with Crippen LogP contribution >= 0.6 is 0 Å². The zero-order valence-corrected chi connectivity index (χ0v) is 8.88. The maximum absolute atomic E-state index is 12.3. The van der Waals surface area contributed by atoms with Crippen LogP contribution in [0.3, 0.4) is 0 Å². The van der Waals surface area contributed by atoms with Crippen LogP contribution in [0, 0.1) is 0 Å². The number of hydrogen-bond donors (Lipinski definition) is 1. The summed E-state index contributed by atoms with van der Waals surface area (Å²) in [5, 5.41) is 0.576. The predicted molar refractivity (Wildman–Crippen MR) is 57.8 cm³/mol. The third kappa shape index (κ3) is 1.98. The summed E-state index contributed by atoms with van der Waals surface area (Å²) in [5.41, 5.74) is 0.896. The molecule has 0 fully saturated rings. The van der Waals surface area contributed by atoms with E-state index >= 15 is 0 Å². The van der Waals surface area contributed by atoms with Crippen molar-refractivity contribution in [3.8, 4) is 0 Å². The van der Waals surface area contributed by atoms with E-state index in [1.54, 1.807) is 24.3 Å². The van der Waals surface area contributed by atoms with Crippen molar-refractivity contribution >= 4 is 22.5 Å². The highest BCUT2D eigenvalue weighted by Crippen LogP contribution is 2.28. The number of para-hydroxylation sites is 1. The number of alkyl halides is 3. The molecule has 0 aliphatic carbocycles. The number of carbonyl (C=O) groups excluding carboxylic acids is 1. The second kappa shape index (κ2) is 3.80. The van der Waals surface area contributed by atoms with Crippen LogP contribution in [0.15, 0.2) is 30.5 Å². The number of rotatable bonds is 1. The molecule has 1 aromatic heterocycles. The molecule has 90 valence electrons. The maximum Gasteiger partial charge on any atom is 0.471 e. The first kappa shape index (κ1) is 11.5. The van der Waals surface area contributed by atoms with Crippen molar-refractivity contribution in [2.24, 2.45) is 0 Å². The topological polar surface area (TPSA) is 36.1 Å². The van der Waals surface area contributed by atoms with Gasteiger partial charge in [0.05, 0.1) is 5.69 Å². The van der Waals surface area contributed by atoms with Gasteiger partial charge in [-0.05, 0) is 6.07 Å². The lowest BCUT2D eigenvalue weighted by Gasteiger charge is -2.17. The van der Waals surface area contributed by atoms with Crippen LogP contribution in [-0.4, -0.2) is 24.1 Å². The van der Waals surface area contributed by atoms with Crippen LogP contribution in [0.1, 0.15) is 0 Å². The van der Waals surface area contributed by atoms with Crippen LogP contribution in [-0.2, 0) is 4.79 Å². The van der Waals surface area contributed by atoms with Crippen LogP contribution in [0.4, 0.5) is 18.9 Å². The number of nitrogens with zero attached hydrogens (tertiary/aromatic N) is 1. The SMILES string of the molecule is CN(C(=O)C(F)(F)F)c1c[nH]c2ccccc12. The Morgan fingerprint density at radius 1 is 1.29 bits per heavy atom. The lowest BCUT2D eigenvalue weighted by molar-refractivity contribution is -0.170. The number of benzene rings is 1. The summed E-state index contributed by atoms with van der Waals surface area (Å²) in [6.07, 6.45) is -3.48. The summed E-state index contributed by atoms with van der Waals surface area (Å²) in [4.78, 5) is 14.5. The Bertz CT molecular complexity index is 559. The largest absolute Gasteiger partial charge is 0.471 e. The predicted octanol–water partition coefficient (Wildman–Crippen LogP) is 2.69. The Balaban J connectivity index is 2.44. The fourth-order valence-electron chi connectivity index (χ4n) is 1.63. The van der Waals surface area contributed by atoms with Crippen LogP contribution in [0.5, 0.6) is 0 Å². The smallest absolute Gasteiger partial charge is 0.359 e. The highest BCUT2D eigenvalue weighted by Gasteiger charge is 2.42. The summed E-state index contributed by atoms with van der Waals surface area (Å²) in [6.45, 7) is 0. The standard InChI is InChI=1S/C11H9F3N2O/c1-16(10(17)11(12,13)14)9-6-15-8-5-3-2-4-7(8)9/h2-6,15H,1H3. The van der Waals surface area contributed by atoms with E-state index in [2.05, 4.69) is 4.98 Å². The Labute approximate surface area is 94.8 Å². The molecule has 1 aromatic carbocycles. The second-order valence-electron chi connectivity index (χ2n) is 3.58. The van der Waals surface area contributed by atoms with Gasteiger partial charge in [0.2, 0.25) is 0 Å². The fourth-order valence-corrected chi connectivity index (χ4v) is 1.63. The molecule has 1 amide bonds. The van der Waals surface area contributed by atoms with Crippen molar-refractivity contribution in [3.63, 3.8) is 0 Å². The average molecular weight is 242 g/mol. The minimum atomic E-state index is -4.87. The first-order valence-electron chi connectivity index (χ1n) is 4.82. The van der Waals surface area contributed by atoms with Crippen molar-refractivity contribution in [2.75, 3.05) is 11.9 Å². The molecular weight excluding hydrogens is 233 g/mol. The van der Waals surface area contributed by atoms with E-state index in [9.17, 15) is 18.0 Å². The van der Waals surface area contributed by atoms with Crippen LogP contribution in [0.25, 0.3) is 10.9 Å². The average Bonchev–Trinajstić information content (AvgIpc) is 2.69. The summed E-state index contributed by atoms with van der Waals surface area (Å²) in [7, 11) is 1.10. The Morgan fingerprint density at radius 3 is 2.59 bits per heavy atom. The number of hydrogen-bond acceptors (Lipinski definition) is 1. The van der Waals surface area contributed by atoms with E-state index < -0.39 is 12.1 Å². The van der Waals surface area contributed by atoms with Gasteiger partial charge in [-0.2, -0.15) is 13.2 Å². The monoisotopic (exact) mass is 242 g/mol. The van der Waals surface area contributed by atoms with E-state index in [-0.39, 0.29) is 5.69 Å². The highest BCUT2D eigenvalue weighted by atomic mass is 19.4. The molecule has 1 N–H and O–H groups in total. The number of H-pyrrole nitrogens is 1. The van der Waals surface area contributed by atoms with Crippen molar-refractivity contribution in [1.82, 2.24) is 4.98 Å². The molecule has 0 aliphatic heterocycles. The molecule has 1 heterocycles. The lowest BCUT2D eigenvalue weighted by Crippen LogP contribution is -2.38. The minimum Gasteiger partial charge on any atom is -0.359 e. The molecule has 2 aromatic rings. The molecule has 0 atom stereocenters.